The minimum absolute atomic E-state index is 0. The highest BCUT2D eigenvalue weighted by Crippen LogP contribution is 2.31. The number of likely N-dealkylation sites (tertiary alicyclic amines) is 1. The van der Waals surface area contributed by atoms with E-state index in [1.54, 1.807) is 4.90 Å². The average molecular weight is 1010 g/mol. The highest BCUT2D eigenvalue weighted by molar-refractivity contribution is 5.87. The third kappa shape index (κ3) is 13.6. The number of aromatic nitrogens is 2. The number of piperidine rings is 2. The first-order valence-corrected chi connectivity index (χ1v) is 25.3. The van der Waals surface area contributed by atoms with E-state index in [9.17, 15) is 14.4 Å². The minimum Gasteiger partial charge on any atom is -0.444 e. The maximum atomic E-state index is 13.6. The smallest absolute Gasteiger partial charge is 0.410 e. The second-order valence-electron chi connectivity index (χ2n) is 20.1. The van der Waals surface area contributed by atoms with Crippen LogP contribution in [0.4, 0.5) is 16.8 Å². The Balaban J connectivity index is 0.000000193. The van der Waals surface area contributed by atoms with Gasteiger partial charge in [0.15, 0.2) is 11.2 Å². The maximum absolute atomic E-state index is 13.6. The molecule has 0 saturated carbocycles. The molecular formula is C55H69ClN8O8. The zero-order chi connectivity index (χ0) is 49.2. The van der Waals surface area contributed by atoms with E-state index in [0.717, 1.165) is 80.2 Å². The largest absolute Gasteiger partial charge is 0.444 e. The van der Waals surface area contributed by atoms with Gasteiger partial charge in [0.2, 0.25) is 11.8 Å². The van der Waals surface area contributed by atoms with Crippen molar-refractivity contribution in [1.29, 1.82) is 0 Å². The van der Waals surface area contributed by atoms with Crippen molar-refractivity contribution in [3.8, 4) is 0 Å². The van der Waals surface area contributed by atoms with E-state index in [1.807, 2.05) is 128 Å². The third-order valence-electron chi connectivity index (χ3n) is 13.5. The van der Waals surface area contributed by atoms with Gasteiger partial charge in [0.25, 0.3) is 12.0 Å². The molecule has 6 aromatic rings. The lowest BCUT2D eigenvalue weighted by molar-refractivity contribution is -0.124. The monoisotopic (exact) mass is 1000 g/mol. The summed E-state index contributed by atoms with van der Waals surface area (Å²) < 4.78 is 29.5. The molecule has 10 rings (SSSR count). The molecule has 6 heterocycles. The van der Waals surface area contributed by atoms with Gasteiger partial charge in [-0.15, -0.1) is 12.4 Å². The Morgan fingerprint density at radius 3 is 1.68 bits per heavy atom. The molecule has 17 heteroatoms. The highest BCUT2D eigenvalue weighted by atomic mass is 35.5. The molecule has 4 aliphatic heterocycles. The molecule has 4 saturated heterocycles. The van der Waals surface area contributed by atoms with Gasteiger partial charge in [-0.1, -0.05) is 84.9 Å². The van der Waals surface area contributed by atoms with Crippen LogP contribution < -0.4 is 25.8 Å². The van der Waals surface area contributed by atoms with Gasteiger partial charge in [-0.05, 0) is 108 Å². The number of benzene rings is 4. The molecule has 0 spiro atoms. The summed E-state index contributed by atoms with van der Waals surface area (Å²) in [7, 11) is 0. The minimum atomic E-state index is -0.615. The Hall–Kier alpha value is -6.20. The van der Waals surface area contributed by atoms with E-state index in [0.29, 0.717) is 63.6 Å². The van der Waals surface area contributed by atoms with Crippen molar-refractivity contribution in [2.75, 3.05) is 49.2 Å². The van der Waals surface area contributed by atoms with Gasteiger partial charge in [-0.2, -0.15) is 9.97 Å². The van der Waals surface area contributed by atoms with Gasteiger partial charge < -0.3 is 53.7 Å². The number of para-hydroxylation sites is 4. The average Bonchev–Trinajstić information content (AvgIpc) is 4.21. The molecule has 6 atom stereocenters. The number of hydrogen-bond acceptors (Lipinski definition) is 13. The molecule has 0 bridgehead atoms. The molecule has 4 fully saturated rings. The van der Waals surface area contributed by atoms with Crippen molar-refractivity contribution < 1.29 is 37.4 Å². The fraction of sp³-hybridized carbons (Fsp3) is 0.473. The number of nitrogens with one attached hydrogen (secondary N) is 3. The van der Waals surface area contributed by atoms with Crippen molar-refractivity contribution in [3.05, 3.63) is 120 Å². The highest BCUT2D eigenvalue weighted by Gasteiger charge is 2.41. The summed E-state index contributed by atoms with van der Waals surface area (Å²) >= 11 is 0. The fourth-order valence-electron chi connectivity index (χ4n) is 9.99. The first-order chi connectivity index (χ1) is 34.5. The zero-order valence-electron chi connectivity index (χ0n) is 41.6. The van der Waals surface area contributed by atoms with E-state index < -0.39 is 11.7 Å². The predicted molar refractivity (Wildman–Crippen MR) is 279 cm³/mol. The summed E-state index contributed by atoms with van der Waals surface area (Å²) in [6, 6.07) is 35.8. The van der Waals surface area contributed by atoms with Gasteiger partial charge in [-0.3, -0.25) is 9.59 Å². The van der Waals surface area contributed by atoms with Crippen LogP contribution in [-0.2, 0) is 37.0 Å². The van der Waals surface area contributed by atoms with Gasteiger partial charge in [-0.25, -0.2) is 4.79 Å². The number of fused-ring (bicyclic) bond motifs is 2. The lowest BCUT2D eigenvalue weighted by Crippen LogP contribution is -2.52. The summed E-state index contributed by atoms with van der Waals surface area (Å²) in [4.78, 5) is 54.8. The summed E-state index contributed by atoms with van der Waals surface area (Å²) in [5.74, 6) is -0.0124. The molecule has 72 heavy (non-hydrogen) atoms. The van der Waals surface area contributed by atoms with Crippen molar-refractivity contribution in [2.24, 2.45) is 0 Å². The van der Waals surface area contributed by atoms with Crippen LogP contribution in [0.3, 0.4) is 0 Å². The van der Waals surface area contributed by atoms with Crippen molar-refractivity contribution >= 4 is 64.5 Å². The lowest BCUT2D eigenvalue weighted by atomic mass is 10.0. The van der Waals surface area contributed by atoms with Crippen LogP contribution in [0.1, 0.15) is 83.3 Å². The van der Waals surface area contributed by atoms with Gasteiger partial charge in [0.1, 0.15) is 28.7 Å². The number of oxazole rings is 2. The number of ether oxygens (including phenoxy) is 3. The van der Waals surface area contributed by atoms with Gasteiger partial charge in [0, 0.05) is 44.3 Å². The number of anilines is 2. The number of carbonyl (C=O) groups is 3. The molecule has 0 unspecified atom stereocenters. The molecule has 4 aliphatic rings. The molecule has 3 amide bonds. The van der Waals surface area contributed by atoms with Crippen molar-refractivity contribution in [3.63, 3.8) is 0 Å². The van der Waals surface area contributed by atoms with Crippen molar-refractivity contribution in [2.45, 2.75) is 127 Å². The van der Waals surface area contributed by atoms with Crippen LogP contribution in [-0.4, -0.2) is 114 Å². The molecule has 2 aromatic heterocycles. The number of hydrogen-bond donors (Lipinski definition) is 3. The second-order valence-corrected chi connectivity index (χ2v) is 20.1. The summed E-state index contributed by atoms with van der Waals surface area (Å²) in [6.07, 6.45) is 6.61. The number of halogens is 1. The Kier molecular flexibility index (Phi) is 17.7. The summed E-state index contributed by atoms with van der Waals surface area (Å²) in [5.41, 5.74) is 4.69. The molecular weight excluding hydrogens is 936 g/mol. The van der Waals surface area contributed by atoms with E-state index in [4.69, 9.17) is 23.0 Å². The quantitative estimate of drug-likeness (QED) is 0.0947. The number of amides is 3. The van der Waals surface area contributed by atoms with E-state index >= 15 is 0 Å². The van der Waals surface area contributed by atoms with E-state index in [2.05, 4.69) is 38.1 Å². The molecule has 4 aromatic carbocycles. The lowest BCUT2D eigenvalue weighted by Gasteiger charge is -2.34. The second kappa shape index (κ2) is 24.5. The SMILES string of the molecule is CC(C)(C)OC(=O)N1C[C@H](NC(=O)[C@@H]2CCCCN2c2nc3ccccc3o2)C[C@H]1COCc1ccccc1.Cl.O=C(N[C@H]1CN[C@H](COCc2ccccc2)C1)[C@@H]1CCCCN1c1nc2ccccc2o1. The zero-order valence-corrected chi connectivity index (χ0v) is 42.4. The van der Waals surface area contributed by atoms with E-state index in [1.165, 1.54) is 5.56 Å². The van der Waals surface area contributed by atoms with Crippen LogP contribution >= 0.6 is 12.4 Å². The topological polar surface area (TPSA) is 177 Å². The van der Waals surface area contributed by atoms with E-state index in [-0.39, 0.29) is 60.5 Å². The summed E-state index contributed by atoms with van der Waals surface area (Å²) in [5, 5.41) is 9.94. The molecule has 16 nitrogen and oxygen atoms in total. The van der Waals surface area contributed by atoms with Crippen molar-refractivity contribution in [1.82, 2.24) is 30.8 Å². The van der Waals surface area contributed by atoms with Crippen LogP contribution in [0, 0.1) is 0 Å². The Morgan fingerprint density at radius 1 is 0.653 bits per heavy atom. The number of carbonyl (C=O) groups excluding carboxylic acids is 3. The predicted octanol–water partition coefficient (Wildman–Crippen LogP) is 8.57. The van der Waals surface area contributed by atoms with Crippen LogP contribution in [0.5, 0.6) is 0 Å². The third-order valence-corrected chi connectivity index (χ3v) is 13.5. The van der Waals surface area contributed by atoms with Gasteiger partial charge >= 0.3 is 6.09 Å². The summed E-state index contributed by atoms with van der Waals surface area (Å²) in [6.45, 7) is 10.2. The fourth-order valence-corrected chi connectivity index (χ4v) is 9.99. The molecule has 0 aliphatic carbocycles. The first-order valence-electron chi connectivity index (χ1n) is 25.3. The molecule has 3 N–H and O–H groups in total. The normalized spacial score (nSPS) is 22.2. The molecule has 384 valence electrons. The standard InChI is InChI=1S/C30H38N4O5.C25H30N4O3.ClH/c1-30(2,3)39-29(36)34-18-22(17-23(34)20-37-19-21-11-5-4-6-12-21)31-27(35)25-14-9-10-16-33(25)28-32-24-13-7-8-15-26(24)38-28;30-24(27-19-14-20(26-15-19)17-31-16-18-8-2-1-3-9-18)22-11-6-7-13-29(22)25-28-21-10-4-5-12-23(21)32-25;/h4-8,11-13,15,22-23,25H,9-10,14,16-20H2,1-3H3,(H,31,35);1-5,8-10,12,19-20,22,26H,6-7,11,13-17H2,(H,27,30);1H/t22-,23+,25+;19-,20+,22+;/m11./s1. The number of nitrogens with zero attached hydrogens (tertiary/aromatic N) is 5. The maximum Gasteiger partial charge on any atom is 0.410 e. The van der Waals surface area contributed by atoms with Crippen LogP contribution in [0.2, 0.25) is 0 Å². The number of rotatable bonds is 14. The Morgan fingerprint density at radius 2 is 1.15 bits per heavy atom. The van der Waals surface area contributed by atoms with Gasteiger partial charge in [0.05, 0.1) is 32.5 Å². The molecule has 0 radical (unpaired) electrons. The Labute approximate surface area is 427 Å². The first kappa shape index (κ1) is 52.1. The van der Waals surface area contributed by atoms with Crippen LogP contribution in [0.15, 0.2) is 118 Å². The Bertz CT molecular complexity index is 2610. The van der Waals surface area contributed by atoms with Crippen LogP contribution in [0.25, 0.3) is 22.2 Å².